The highest BCUT2D eigenvalue weighted by Gasteiger charge is 2.16. The summed E-state index contributed by atoms with van der Waals surface area (Å²) in [6, 6.07) is 0. The van der Waals surface area contributed by atoms with Gasteiger partial charge in [0.15, 0.2) is 0 Å². The summed E-state index contributed by atoms with van der Waals surface area (Å²) in [5, 5.41) is 0. The molecule has 0 spiro atoms. The molecule has 0 saturated heterocycles. The highest BCUT2D eigenvalue weighted by Crippen LogP contribution is 2.35. The van der Waals surface area contributed by atoms with E-state index in [4.69, 9.17) is 0 Å². The molecular formula is C18H18. The largest absolute Gasteiger partial charge is 0.0905 e. The van der Waals surface area contributed by atoms with E-state index in [1.807, 2.05) is 0 Å². The molecule has 3 aliphatic carbocycles. The first-order valence-electron chi connectivity index (χ1n) is 6.72. The van der Waals surface area contributed by atoms with Gasteiger partial charge >= 0.3 is 0 Å². The smallest absolute Gasteiger partial charge is 0.0111 e. The lowest BCUT2D eigenvalue weighted by Crippen LogP contribution is -1.94. The summed E-state index contributed by atoms with van der Waals surface area (Å²) in [5.74, 6) is 0. The zero-order chi connectivity index (χ0) is 12.4. The Hall–Kier alpha value is -1.82. The summed E-state index contributed by atoms with van der Waals surface area (Å²) in [7, 11) is 0. The molecule has 0 radical (unpaired) electrons. The standard InChI is InChI=1S/C18H18/c1-14-17(15-8-2-3-9-15)12-6-7-13-18(14)16-10-4-5-11-16/h2-3,6-9,12-13H,1,4-5,10-11H2. The first-order valence-corrected chi connectivity index (χ1v) is 6.72. The zero-order valence-corrected chi connectivity index (χ0v) is 10.7. The molecule has 0 aromatic carbocycles. The molecule has 0 unspecified atom stereocenters. The Morgan fingerprint density at radius 1 is 0.722 bits per heavy atom. The van der Waals surface area contributed by atoms with E-state index in [1.54, 1.807) is 5.57 Å². The van der Waals surface area contributed by atoms with Crippen LogP contribution in [0.15, 0.2) is 83.1 Å². The molecule has 0 heterocycles. The summed E-state index contributed by atoms with van der Waals surface area (Å²) in [6.07, 6.45) is 22.3. The third-order valence-electron chi connectivity index (χ3n) is 3.85. The minimum atomic E-state index is 1.18. The molecule has 3 aliphatic rings. The van der Waals surface area contributed by atoms with Gasteiger partial charge < -0.3 is 0 Å². The van der Waals surface area contributed by atoms with E-state index < -0.39 is 0 Å². The van der Waals surface area contributed by atoms with Crippen LogP contribution in [0.5, 0.6) is 0 Å². The second-order valence-electron chi connectivity index (χ2n) is 5.01. The summed E-state index contributed by atoms with van der Waals surface area (Å²) in [5.41, 5.74) is 6.68. The number of allylic oxidation sites excluding steroid dienone is 13. The lowest BCUT2D eigenvalue weighted by molar-refractivity contribution is 0.886. The third-order valence-corrected chi connectivity index (χ3v) is 3.85. The van der Waals surface area contributed by atoms with E-state index in [0.717, 1.165) is 0 Å². The molecule has 0 heteroatoms. The molecule has 0 nitrogen and oxygen atoms in total. The quantitative estimate of drug-likeness (QED) is 0.555. The minimum Gasteiger partial charge on any atom is -0.0905 e. The van der Waals surface area contributed by atoms with Gasteiger partial charge in [0.05, 0.1) is 0 Å². The Labute approximate surface area is 109 Å². The van der Waals surface area contributed by atoms with Crippen molar-refractivity contribution in [3.05, 3.63) is 83.1 Å². The predicted octanol–water partition coefficient (Wildman–Crippen LogP) is 4.96. The van der Waals surface area contributed by atoms with Crippen molar-refractivity contribution in [1.29, 1.82) is 0 Å². The molecule has 0 aromatic rings. The van der Waals surface area contributed by atoms with Gasteiger partial charge in [-0.1, -0.05) is 60.8 Å². The van der Waals surface area contributed by atoms with Crippen molar-refractivity contribution in [2.75, 3.05) is 0 Å². The molecular weight excluding hydrogens is 216 g/mol. The summed E-state index contributed by atoms with van der Waals surface area (Å²) >= 11 is 0. The van der Waals surface area contributed by atoms with Crippen LogP contribution in [0.1, 0.15) is 25.7 Å². The van der Waals surface area contributed by atoms with Crippen LogP contribution in [-0.2, 0) is 0 Å². The van der Waals surface area contributed by atoms with Crippen LogP contribution in [0.2, 0.25) is 0 Å². The molecule has 3 rings (SSSR count). The van der Waals surface area contributed by atoms with Crippen molar-refractivity contribution in [3.8, 4) is 0 Å². The number of hydrogen-bond donors (Lipinski definition) is 0. The van der Waals surface area contributed by atoms with Gasteiger partial charge in [0.2, 0.25) is 0 Å². The van der Waals surface area contributed by atoms with Gasteiger partial charge in [0.25, 0.3) is 0 Å². The van der Waals surface area contributed by atoms with Crippen LogP contribution < -0.4 is 0 Å². The van der Waals surface area contributed by atoms with E-state index >= 15 is 0 Å². The number of hydrogen-bond acceptors (Lipinski definition) is 0. The van der Waals surface area contributed by atoms with E-state index in [-0.39, 0.29) is 0 Å². The van der Waals surface area contributed by atoms with Gasteiger partial charge in [-0.3, -0.25) is 0 Å². The van der Waals surface area contributed by atoms with Gasteiger partial charge in [-0.25, -0.2) is 0 Å². The highest BCUT2D eigenvalue weighted by molar-refractivity contribution is 5.64. The fraction of sp³-hybridized carbons (Fsp3) is 0.222. The maximum atomic E-state index is 4.34. The predicted molar refractivity (Wildman–Crippen MR) is 78.2 cm³/mol. The molecule has 1 fully saturated rings. The van der Waals surface area contributed by atoms with Gasteiger partial charge in [-0.2, -0.15) is 0 Å². The van der Waals surface area contributed by atoms with Crippen LogP contribution in [0.3, 0.4) is 0 Å². The van der Waals surface area contributed by atoms with Crippen molar-refractivity contribution in [1.82, 2.24) is 0 Å². The van der Waals surface area contributed by atoms with Crippen LogP contribution in [0.4, 0.5) is 0 Å². The van der Waals surface area contributed by atoms with Gasteiger partial charge in [-0.15, -0.1) is 0 Å². The summed E-state index contributed by atoms with van der Waals surface area (Å²) < 4.78 is 0. The lowest BCUT2D eigenvalue weighted by atomic mass is 9.92. The molecule has 1 saturated carbocycles. The lowest BCUT2D eigenvalue weighted by Gasteiger charge is -2.12. The van der Waals surface area contributed by atoms with Gasteiger partial charge in [0.1, 0.15) is 0 Å². The maximum absolute atomic E-state index is 4.34. The molecule has 0 bridgehead atoms. The SMILES string of the molecule is C=C1C(=C2C=CC=C2)C=CC=CC1=C1CCCC1. The van der Waals surface area contributed by atoms with Crippen LogP contribution >= 0.6 is 0 Å². The van der Waals surface area contributed by atoms with Crippen molar-refractivity contribution in [3.63, 3.8) is 0 Å². The topological polar surface area (TPSA) is 0 Å². The average Bonchev–Trinajstić information content (AvgIpc) is 3.04. The monoisotopic (exact) mass is 234 g/mol. The molecule has 0 aliphatic heterocycles. The fourth-order valence-electron chi connectivity index (χ4n) is 2.88. The Morgan fingerprint density at radius 3 is 1.94 bits per heavy atom. The highest BCUT2D eigenvalue weighted by atomic mass is 14.2. The Morgan fingerprint density at radius 2 is 1.28 bits per heavy atom. The van der Waals surface area contributed by atoms with Crippen LogP contribution in [0.25, 0.3) is 0 Å². The summed E-state index contributed by atoms with van der Waals surface area (Å²) in [6.45, 7) is 4.34. The van der Waals surface area contributed by atoms with E-state index in [9.17, 15) is 0 Å². The molecule has 0 aromatic heterocycles. The van der Waals surface area contributed by atoms with Crippen molar-refractivity contribution >= 4 is 0 Å². The van der Waals surface area contributed by atoms with E-state index in [2.05, 4.69) is 55.2 Å². The van der Waals surface area contributed by atoms with Crippen molar-refractivity contribution in [2.24, 2.45) is 0 Å². The molecule has 18 heavy (non-hydrogen) atoms. The molecule has 0 N–H and O–H groups in total. The second kappa shape index (κ2) is 4.81. The molecule has 0 amide bonds. The molecule has 90 valence electrons. The minimum absolute atomic E-state index is 1.18. The van der Waals surface area contributed by atoms with E-state index in [1.165, 1.54) is 48.0 Å². The summed E-state index contributed by atoms with van der Waals surface area (Å²) in [4.78, 5) is 0. The fourth-order valence-corrected chi connectivity index (χ4v) is 2.88. The van der Waals surface area contributed by atoms with Gasteiger partial charge in [0, 0.05) is 0 Å². The Kier molecular flexibility index (Phi) is 3.02. The normalized spacial score (nSPS) is 22.6. The van der Waals surface area contributed by atoms with Crippen LogP contribution in [0, 0.1) is 0 Å². The van der Waals surface area contributed by atoms with E-state index in [0.29, 0.717) is 0 Å². The van der Waals surface area contributed by atoms with Crippen molar-refractivity contribution < 1.29 is 0 Å². The maximum Gasteiger partial charge on any atom is -0.0111 e. The molecule has 0 atom stereocenters. The van der Waals surface area contributed by atoms with Crippen LogP contribution in [-0.4, -0.2) is 0 Å². The zero-order valence-electron chi connectivity index (χ0n) is 10.7. The Bertz CT molecular complexity index is 535. The third kappa shape index (κ3) is 1.99. The van der Waals surface area contributed by atoms with Gasteiger partial charge in [-0.05, 0) is 48.0 Å². The first-order chi connectivity index (χ1) is 8.86. The number of rotatable bonds is 0. The first kappa shape index (κ1) is 11.3. The Balaban J connectivity index is 2.07. The second-order valence-corrected chi connectivity index (χ2v) is 5.01. The van der Waals surface area contributed by atoms with Crippen molar-refractivity contribution in [2.45, 2.75) is 25.7 Å². The average molecular weight is 234 g/mol.